The van der Waals surface area contributed by atoms with Crippen LogP contribution in [-0.4, -0.2) is 23.1 Å². The van der Waals surface area contributed by atoms with E-state index in [1.165, 1.54) is 16.7 Å². The highest BCUT2D eigenvalue weighted by molar-refractivity contribution is 7.98. The van der Waals surface area contributed by atoms with Crippen molar-refractivity contribution in [2.45, 2.75) is 18.9 Å². The van der Waals surface area contributed by atoms with E-state index in [1.54, 1.807) is 32.2 Å². The van der Waals surface area contributed by atoms with Gasteiger partial charge in [0.1, 0.15) is 0 Å². The minimum absolute atomic E-state index is 0.258. The molecular formula is C12H12N2O2S. The van der Waals surface area contributed by atoms with Gasteiger partial charge in [0.05, 0.1) is 16.9 Å². The second-order valence-corrected chi connectivity index (χ2v) is 4.58. The Kier molecular flexibility index (Phi) is 3.02. The lowest BCUT2D eigenvalue weighted by molar-refractivity contribution is -0.120. The van der Waals surface area contributed by atoms with Gasteiger partial charge in [0.2, 0.25) is 0 Å². The molecular weight excluding hydrogens is 236 g/mol. The molecule has 0 N–H and O–H groups in total. The number of hydrogen-bond acceptors (Lipinski definition) is 4. The zero-order valence-corrected chi connectivity index (χ0v) is 10.7. The molecule has 0 unspecified atom stereocenters. The first-order valence-corrected chi connectivity index (χ1v) is 6.35. The Balaban J connectivity index is 2.36. The van der Waals surface area contributed by atoms with E-state index in [4.69, 9.17) is 0 Å². The van der Waals surface area contributed by atoms with Crippen molar-refractivity contribution >= 4 is 29.3 Å². The van der Waals surface area contributed by atoms with Gasteiger partial charge in [-0.3, -0.25) is 9.59 Å². The van der Waals surface area contributed by atoms with Crippen molar-refractivity contribution in [3.8, 4) is 0 Å². The van der Waals surface area contributed by atoms with Gasteiger partial charge in [-0.1, -0.05) is 0 Å². The summed E-state index contributed by atoms with van der Waals surface area (Å²) in [5.41, 5.74) is 1.53. The van der Waals surface area contributed by atoms with Crippen molar-refractivity contribution in [2.24, 2.45) is 0 Å². The fourth-order valence-electron chi connectivity index (χ4n) is 1.61. The molecule has 0 bridgehead atoms. The van der Waals surface area contributed by atoms with Crippen LogP contribution in [0, 0.1) is 0 Å². The summed E-state index contributed by atoms with van der Waals surface area (Å²) in [4.78, 5) is 29.1. The molecule has 0 saturated carbocycles. The fourth-order valence-corrected chi connectivity index (χ4v) is 1.97. The molecule has 0 radical (unpaired) electrons. The van der Waals surface area contributed by atoms with Crippen LogP contribution >= 0.6 is 11.8 Å². The number of nitrogens with zero attached hydrogens (tertiary/aromatic N) is 2. The number of carbonyl (C=O) groups is 2. The van der Waals surface area contributed by atoms with Crippen LogP contribution in [0.2, 0.25) is 0 Å². The zero-order chi connectivity index (χ0) is 12.6. The normalized spacial score (nSPS) is 16.1. The molecule has 1 aliphatic rings. The van der Waals surface area contributed by atoms with Crippen LogP contribution in [-0.2, 0) is 9.59 Å². The number of anilines is 1. The van der Waals surface area contributed by atoms with Gasteiger partial charge in [0, 0.05) is 11.1 Å². The lowest BCUT2D eigenvalue weighted by Crippen LogP contribution is -2.31. The van der Waals surface area contributed by atoms with E-state index in [0.717, 1.165) is 5.03 Å². The Bertz CT molecular complexity index is 496. The van der Waals surface area contributed by atoms with Crippen molar-refractivity contribution in [1.29, 1.82) is 0 Å². The van der Waals surface area contributed by atoms with E-state index in [1.807, 2.05) is 6.26 Å². The highest BCUT2D eigenvalue weighted by Gasteiger charge is 2.34. The molecule has 5 heteroatoms. The molecule has 0 aromatic carbocycles. The maximum Gasteiger partial charge on any atom is 0.261 e. The maximum atomic E-state index is 11.9. The van der Waals surface area contributed by atoms with Crippen LogP contribution < -0.4 is 4.90 Å². The van der Waals surface area contributed by atoms with Crippen LogP contribution in [0.3, 0.4) is 0 Å². The van der Waals surface area contributed by atoms with E-state index in [0.29, 0.717) is 16.8 Å². The smallest absolute Gasteiger partial charge is 0.261 e. The molecule has 2 heterocycles. The molecule has 2 rings (SSSR count). The molecule has 0 aliphatic carbocycles. The minimum atomic E-state index is -0.258. The third-order valence-electron chi connectivity index (χ3n) is 2.80. The summed E-state index contributed by atoms with van der Waals surface area (Å²) in [6.07, 6.45) is 3.47. The number of pyridine rings is 1. The largest absolute Gasteiger partial charge is 0.269 e. The summed E-state index contributed by atoms with van der Waals surface area (Å²) in [6.45, 7) is 3.33. The molecule has 0 fully saturated rings. The van der Waals surface area contributed by atoms with Gasteiger partial charge >= 0.3 is 0 Å². The molecule has 88 valence electrons. The van der Waals surface area contributed by atoms with Gasteiger partial charge in [0.25, 0.3) is 11.8 Å². The average Bonchev–Trinajstić information content (AvgIpc) is 2.54. The molecule has 17 heavy (non-hydrogen) atoms. The summed E-state index contributed by atoms with van der Waals surface area (Å²) >= 11 is 1.51. The van der Waals surface area contributed by atoms with Gasteiger partial charge in [-0.2, -0.15) is 0 Å². The zero-order valence-electron chi connectivity index (χ0n) is 9.85. The standard InChI is InChI=1S/C12H12N2O2S/c1-7-8(2)12(16)14(11(7)15)9-4-5-10(17-3)13-6-9/h4-6H,1-3H3. The summed E-state index contributed by atoms with van der Waals surface area (Å²) < 4.78 is 0. The monoisotopic (exact) mass is 248 g/mol. The lowest BCUT2D eigenvalue weighted by atomic mass is 10.2. The maximum absolute atomic E-state index is 11.9. The molecule has 1 aromatic rings. The molecule has 0 atom stereocenters. The first-order chi connectivity index (χ1) is 8.06. The van der Waals surface area contributed by atoms with Crippen LogP contribution in [0.25, 0.3) is 0 Å². The van der Waals surface area contributed by atoms with Crippen LogP contribution in [0.15, 0.2) is 34.5 Å². The van der Waals surface area contributed by atoms with E-state index in [2.05, 4.69) is 4.98 Å². The Labute approximate surface area is 104 Å². The van der Waals surface area contributed by atoms with Gasteiger partial charge in [0.15, 0.2) is 0 Å². The number of hydrogen-bond donors (Lipinski definition) is 0. The van der Waals surface area contributed by atoms with Crippen molar-refractivity contribution in [3.63, 3.8) is 0 Å². The summed E-state index contributed by atoms with van der Waals surface area (Å²) in [5.74, 6) is -0.516. The highest BCUT2D eigenvalue weighted by Crippen LogP contribution is 2.26. The Hall–Kier alpha value is -1.62. The van der Waals surface area contributed by atoms with E-state index in [9.17, 15) is 9.59 Å². The molecule has 4 nitrogen and oxygen atoms in total. The lowest BCUT2D eigenvalue weighted by Gasteiger charge is -2.14. The predicted molar refractivity (Wildman–Crippen MR) is 66.9 cm³/mol. The number of aromatic nitrogens is 1. The Morgan fingerprint density at radius 3 is 2.12 bits per heavy atom. The first-order valence-electron chi connectivity index (χ1n) is 5.12. The van der Waals surface area contributed by atoms with Crippen molar-refractivity contribution in [2.75, 3.05) is 11.2 Å². The quantitative estimate of drug-likeness (QED) is 0.593. The molecule has 0 saturated heterocycles. The van der Waals surface area contributed by atoms with E-state index in [-0.39, 0.29) is 11.8 Å². The molecule has 1 aliphatic heterocycles. The SMILES string of the molecule is CSc1ccc(N2C(=O)C(C)=C(C)C2=O)cn1. The van der Waals surface area contributed by atoms with Crippen LogP contribution in [0.1, 0.15) is 13.8 Å². The number of amides is 2. The predicted octanol–water partition coefficient (Wildman–Crippen LogP) is 2.01. The number of carbonyl (C=O) groups excluding carboxylic acids is 2. The van der Waals surface area contributed by atoms with Crippen LogP contribution in [0.5, 0.6) is 0 Å². The fraction of sp³-hybridized carbons (Fsp3) is 0.250. The van der Waals surface area contributed by atoms with Gasteiger partial charge in [-0.15, -0.1) is 11.8 Å². The van der Waals surface area contributed by atoms with Gasteiger partial charge in [-0.05, 0) is 32.2 Å². The second-order valence-electron chi connectivity index (χ2n) is 3.75. The van der Waals surface area contributed by atoms with Crippen LogP contribution in [0.4, 0.5) is 5.69 Å². The topological polar surface area (TPSA) is 50.3 Å². The number of imide groups is 1. The van der Waals surface area contributed by atoms with E-state index >= 15 is 0 Å². The average molecular weight is 248 g/mol. The summed E-state index contributed by atoms with van der Waals surface area (Å²) in [5, 5.41) is 0.856. The Morgan fingerprint density at radius 2 is 1.71 bits per heavy atom. The van der Waals surface area contributed by atoms with E-state index < -0.39 is 0 Å². The number of thioether (sulfide) groups is 1. The first kappa shape index (κ1) is 11.9. The summed E-state index contributed by atoms with van der Waals surface area (Å²) in [6, 6.07) is 3.53. The molecule has 1 aromatic heterocycles. The second kappa shape index (κ2) is 4.33. The van der Waals surface area contributed by atoms with Crippen molar-refractivity contribution in [1.82, 2.24) is 4.98 Å². The van der Waals surface area contributed by atoms with Gasteiger partial charge in [-0.25, -0.2) is 9.88 Å². The van der Waals surface area contributed by atoms with Gasteiger partial charge < -0.3 is 0 Å². The summed E-state index contributed by atoms with van der Waals surface area (Å²) in [7, 11) is 0. The third kappa shape index (κ3) is 1.86. The third-order valence-corrected chi connectivity index (χ3v) is 3.46. The van der Waals surface area contributed by atoms with Crippen molar-refractivity contribution in [3.05, 3.63) is 29.5 Å². The Morgan fingerprint density at radius 1 is 1.12 bits per heavy atom. The molecule has 0 spiro atoms. The minimum Gasteiger partial charge on any atom is -0.269 e. The van der Waals surface area contributed by atoms with Crippen molar-refractivity contribution < 1.29 is 9.59 Å². The number of rotatable bonds is 2. The highest BCUT2D eigenvalue weighted by atomic mass is 32.2. The molecule has 2 amide bonds.